The molecule has 0 aliphatic rings. The number of phenolic OH excluding ortho intramolecular Hbond substituents is 1. The summed E-state index contributed by atoms with van der Waals surface area (Å²) in [5, 5.41) is 13.3. The molecule has 20 heavy (non-hydrogen) atoms. The molecule has 1 unspecified atom stereocenters. The Labute approximate surface area is 128 Å². The van der Waals surface area contributed by atoms with Gasteiger partial charge in [-0.15, -0.1) is 0 Å². The van der Waals surface area contributed by atoms with Gasteiger partial charge in [0, 0.05) is 16.1 Å². The standard InChI is InChI=1S/C15H22BrNO3/c1-5-12(11-8-10(16)6-7-13(11)18)17-14(9(2)3)15(19)20-4/h6-9,12,14,17-18H,5H2,1-4H3/t12?,14-/m0/s1. The number of phenols is 1. The summed E-state index contributed by atoms with van der Waals surface area (Å²) < 4.78 is 5.73. The second-order valence-electron chi connectivity index (χ2n) is 5.08. The maximum atomic E-state index is 11.8. The van der Waals surface area contributed by atoms with Crippen molar-refractivity contribution in [3.8, 4) is 5.75 Å². The Hall–Kier alpha value is -1.07. The number of benzene rings is 1. The van der Waals surface area contributed by atoms with Crippen LogP contribution in [0.2, 0.25) is 0 Å². The summed E-state index contributed by atoms with van der Waals surface area (Å²) in [6.45, 7) is 5.93. The number of aromatic hydroxyl groups is 1. The molecule has 4 nitrogen and oxygen atoms in total. The van der Waals surface area contributed by atoms with Crippen LogP contribution in [0.1, 0.15) is 38.8 Å². The van der Waals surface area contributed by atoms with Gasteiger partial charge in [-0.25, -0.2) is 0 Å². The maximum absolute atomic E-state index is 11.8. The fourth-order valence-corrected chi connectivity index (χ4v) is 2.49. The fraction of sp³-hybridized carbons (Fsp3) is 0.533. The topological polar surface area (TPSA) is 58.6 Å². The van der Waals surface area contributed by atoms with E-state index in [1.165, 1.54) is 7.11 Å². The minimum absolute atomic E-state index is 0.103. The van der Waals surface area contributed by atoms with E-state index in [1.54, 1.807) is 12.1 Å². The molecule has 112 valence electrons. The second-order valence-corrected chi connectivity index (χ2v) is 5.99. The third kappa shape index (κ3) is 4.21. The van der Waals surface area contributed by atoms with E-state index in [9.17, 15) is 9.90 Å². The Kier molecular flexibility index (Phi) is 6.49. The number of carbonyl (C=O) groups excluding carboxylic acids is 1. The van der Waals surface area contributed by atoms with E-state index in [-0.39, 0.29) is 23.7 Å². The number of carbonyl (C=O) groups is 1. The monoisotopic (exact) mass is 343 g/mol. The Morgan fingerprint density at radius 2 is 2.10 bits per heavy atom. The number of rotatable bonds is 6. The first-order valence-electron chi connectivity index (χ1n) is 6.73. The summed E-state index contributed by atoms with van der Waals surface area (Å²) in [7, 11) is 1.39. The lowest BCUT2D eigenvalue weighted by molar-refractivity contribution is -0.144. The van der Waals surface area contributed by atoms with Crippen LogP contribution in [-0.2, 0) is 9.53 Å². The highest BCUT2D eigenvalue weighted by Gasteiger charge is 2.27. The molecule has 0 heterocycles. The minimum atomic E-state index is -0.400. The van der Waals surface area contributed by atoms with E-state index in [0.29, 0.717) is 0 Å². The van der Waals surface area contributed by atoms with Gasteiger partial charge in [-0.3, -0.25) is 10.1 Å². The summed E-state index contributed by atoms with van der Waals surface area (Å²) in [5.41, 5.74) is 0.774. The predicted octanol–water partition coefficient (Wildman–Crippen LogP) is 3.39. The normalized spacial score (nSPS) is 14.1. The van der Waals surface area contributed by atoms with Gasteiger partial charge in [0.2, 0.25) is 0 Å². The van der Waals surface area contributed by atoms with E-state index < -0.39 is 6.04 Å². The minimum Gasteiger partial charge on any atom is -0.508 e. The summed E-state index contributed by atoms with van der Waals surface area (Å²) >= 11 is 3.40. The Morgan fingerprint density at radius 3 is 2.60 bits per heavy atom. The lowest BCUT2D eigenvalue weighted by Gasteiger charge is -2.26. The third-order valence-corrected chi connectivity index (χ3v) is 3.77. The number of methoxy groups -OCH3 is 1. The third-order valence-electron chi connectivity index (χ3n) is 3.28. The van der Waals surface area contributed by atoms with Crippen molar-refractivity contribution >= 4 is 21.9 Å². The molecule has 0 saturated heterocycles. The van der Waals surface area contributed by atoms with Crippen molar-refractivity contribution < 1.29 is 14.6 Å². The summed E-state index contributed by atoms with van der Waals surface area (Å²) in [6, 6.07) is 4.78. The van der Waals surface area contributed by atoms with Gasteiger partial charge in [0.05, 0.1) is 7.11 Å². The van der Waals surface area contributed by atoms with Crippen LogP contribution in [0.3, 0.4) is 0 Å². The molecular formula is C15H22BrNO3. The number of esters is 1. The van der Waals surface area contributed by atoms with E-state index in [4.69, 9.17) is 4.74 Å². The zero-order valence-electron chi connectivity index (χ0n) is 12.3. The maximum Gasteiger partial charge on any atom is 0.323 e. The summed E-state index contributed by atoms with van der Waals surface area (Å²) in [5.74, 6) is 0.0404. The quantitative estimate of drug-likeness (QED) is 0.777. The van der Waals surface area contributed by atoms with Gasteiger partial charge in [0.1, 0.15) is 11.8 Å². The molecule has 2 atom stereocenters. The number of nitrogens with one attached hydrogen (secondary N) is 1. The number of hydrogen-bond donors (Lipinski definition) is 2. The second kappa shape index (κ2) is 7.64. The zero-order valence-corrected chi connectivity index (χ0v) is 13.9. The zero-order chi connectivity index (χ0) is 15.3. The van der Waals surface area contributed by atoms with Crippen LogP contribution < -0.4 is 5.32 Å². The number of ether oxygens (including phenoxy) is 1. The van der Waals surface area contributed by atoms with Gasteiger partial charge in [0.15, 0.2) is 0 Å². The van der Waals surface area contributed by atoms with E-state index >= 15 is 0 Å². The molecule has 0 bridgehead atoms. The largest absolute Gasteiger partial charge is 0.508 e. The lowest BCUT2D eigenvalue weighted by Crippen LogP contribution is -2.43. The van der Waals surface area contributed by atoms with Crippen LogP contribution in [-0.4, -0.2) is 24.2 Å². The smallest absolute Gasteiger partial charge is 0.323 e. The van der Waals surface area contributed by atoms with Crippen molar-refractivity contribution in [3.05, 3.63) is 28.2 Å². The van der Waals surface area contributed by atoms with E-state index in [1.807, 2.05) is 26.8 Å². The molecule has 1 aromatic rings. The molecule has 2 N–H and O–H groups in total. The first kappa shape index (κ1) is 17.0. The number of halogens is 1. The lowest BCUT2D eigenvalue weighted by atomic mass is 9.98. The molecule has 0 aromatic heterocycles. The number of hydrogen-bond acceptors (Lipinski definition) is 4. The van der Waals surface area contributed by atoms with Crippen molar-refractivity contribution in [2.24, 2.45) is 5.92 Å². The molecule has 0 aliphatic carbocycles. The highest BCUT2D eigenvalue weighted by molar-refractivity contribution is 9.10. The van der Waals surface area contributed by atoms with Gasteiger partial charge < -0.3 is 9.84 Å². The molecule has 0 radical (unpaired) electrons. The van der Waals surface area contributed by atoms with Crippen LogP contribution in [0.25, 0.3) is 0 Å². The van der Waals surface area contributed by atoms with Crippen LogP contribution in [0.4, 0.5) is 0 Å². The molecule has 1 rings (SSSR count). The van der Waals surface area contributed by atoms with Crippen molar-refractivity contribution in [2.75, 3.05) is 7.11 Å². The van der Waals surface area contributed by atoms with Crippen molar-refractivity contribution in [3.63, 3.8) is 0 Å². The van der Waals surface area contributed by atoms with Crippen molar-refractivity contribution in [1.29, 1.82) is 0 Å². The SMILES string of the molecule is CCC(N[C@H](C(=O)OC)C(C)C)c1cc(Br)ccc1O. The van der Waals surface area contributed by atoms with Gasteiger partial charge in [-0.05, 0) is 30.5 Å². The molecular weight excluding hydrogens is 322 g/mol. The van der Waals surface area contributed by atoms with Crippen LogP contribution in [0.15, 0.2) is 22.7 Å². The van der Waals surface area contributed by atoms with E-state index in [0.717, 1.165) is 16.5 Å². The van der Waals surface area contributed by atoms with E-state index in [2.05, 4.69) is 21.2 Å². The van der Waals surface area contributed by atoms with Gasteiger partial charge in [0.25, 0.3) is 0 Å². The van der Waals surface area contributed by atoms with Gasteiger partial charge >= 0.3 is 5.97 Å². The molecule has 0 amide bonds. The van der Waals surface area contributed by atoms with Crippen LogP contribution >= 0.6 is 15.9 Å². The van der Waals surface area contributed by atoms with Gasteiger partial charge in [-0.1, -0.05) is 36.7 Å². The molecule has 0 fully saturated rings. The van der Waals surface area contributed by atoms with Crippen molar-refractivity contribution in [1.82, 2.24) is 5.32 Å². The molecule has 0 aliphatic heterocycles. The van der Waals surface area contributed by atoms with Gasteiger partial charge in [-0.2, -0.15) is 0 Å². The molecule has 1 aromatic carbocycles. The first-order valence-corrected chi connectivity index (χ1v) is 7.52. The summed E-state index contributed by atoms with van der Waals surface area (Å²) in [6.07, 6.45) is 0.754. The Morgan fingerprint density at radius 1 is 1.45 bits per heavy atom. The predicted molar refractivity (Wildman–Crippen MR) is 82.6 cm³/mol. The molecule has 5 heteroatoms. The molecule has 0 saturated carbocycles. The summed E-state index contributed by atoms with van der Waals surface area (Å²) in [4.78, 5) is 11.8. The Bertz CT molecular complexity index is 462. The van der Waals surface area contributed by atoms with Crippen LogP contribution in [0, 0.1) is 5.92 Å². The average molecular weight is 344 g/mol. The molecule has 0 spiro atoms. The van der Waals surface area contributed by atoms with Crippen LogP contribution in [0.5, 0.6) is 5.75 Å². The first-order chi connectivity index (χ1) is 9.40. The Balaban J connectivity index is 3.00. The fourth-order valence-electron chi connectivity index (χ4n) is 2.11. The average Bonchev–Trinajstić information content (AvgIpc) is 2.42. The van der Waals surface area contributed by atoms with Crippen molar-refractivity contribution in [2.45, 2.75) is 39.3 Å². The highest BCUT2D eigenvalue weighted by atomic mass is 79.9. The highest BCUT2D eigenvalue weighted by Crippen LogP contribution is 2.30.